The van der Waals surface area contributed by atoms with Gasteiger partial charge in [-0.05, 0) is 44.2 Å². The molecule has 3 rings (SSSR count). The van der Waals surface area contributed by atoms with Crippen LogP contribution in [0.4, 0.5) is 0 Å². The number of benzene rings is 1. The van der Waals surface area contributed by atoms with Gasteiger partial charge >= 0.3 is 0 Å². The summed E-state index contributed by atoms with van der Waals surface area (Å²) in [5.41, 5.74) is 1.32. The number of rotatable bonds is 6. The van der Waals surface area contributed by atoms with Gasteiger partial charge in [0.1, 0.15) is 18.0 Å². The van der Waals surface area contributed by atoms with E-state index in [1.165, 1.54) is 0 Å². The Labute approximate surface area is 174 Å². The van der Waals surface area contributed by atoms with Gasteiger partial charge in [0.05, 0.1) is 11.1 Å². The van der Waals surface area contributed by atoms with Crippen molar-refractivity contribution in [3.05, 3.63) is 83.4 Å². The minimum Gasteiger partial charge on any atom is -0.504 e. The van der Waals surface area contributed by atoms with Gasteiger partial charge in [-0.1, -0.05) is 69.0 Å². The lowest BCUT2D eigenvalue weighted by Gasteiger charge is -2.30. The van der Waals surface area contributed by atoms with E-state index in [4.69, 9.17) is 10.1 Å². The van der Waals surface area contributed by atoms with Gasteiger partial charge in [0.25, 0.3) is 0 Å². The Balaban J connectivity index is 0.00000145. The van der Waals surface area contributed by atoms with Crippen LogP contribution in [-0.4, -0.2) is 21.5 Å². The van der Waals surface area contributed by atoms with Crippen molar-refractivity contribution >= 4 is 5.71 Å². The molecule has 0 heterocycles. The van der Waals surface area contributed by atoms with Gasteiger partial charge in [-0.15, -0.1) is 0 Å². The Morgan fingerprint density at radius 3 is 2.45 bits per heavy atom. The van der Waals surface area contributed by atoms with Crippen molar-refractivity contribution in [3.63, 3.8) is 0 Å². The van der Waals surface area contributed by atoms with Crippen LogP contribution in [0.15, 0.2) is 77.8 Å². The molecule has 2 aliphatic carbocycles. The normalized spacial score (nSPS) is 26.9. The highest BCUT2D eigenvalue weighted by Crippen LogP contribution is 2.67. The van der Waals surface area contributed by atoms with Gasteiger partial charge < -0.3 is 20.4 Å². The van der Waals surface area contributed by atoms with Crippen molar-refractivity contribution in [3.8, 4) is 0 Å². The van der Waals surface area contributed by atoms with E-state index in [0.717, 1.165) is 16.7 Å². The van der Waals surface area contributed by atoms with E-state index in [1.54, 1.807) is 13.0 Å². The summed E-state index contributed by atoms with van der Waals surface area (Å²) >= 11 is 0. The smallest absolute Gasteiger partial charge is 0.157 e. The van der Waals surface area contributed by atoms with Crippen LogP contribution in [0.25, 0.3) is 0 Å². The Morgan fingerprint density at radius 1 is 1.24 bits per heavy atom. The number of hydrogen-bond acceptors (Lipinski definition) is 4. The van der Waals surface area contributed by atoms with E-state index in [-0.39, 0.29) is 11.5 Å². The molecule has 2 saturated carbocycles. The van der Waals surface area contributed by atoms with E-state index in [2.05, 4.69) is 13.2 Å². The molecule has 0 aromatic heterocycles. The lowest BCUT2D eigenvalue weighted by atomic mass is 9.76. The molecule has 2 aliphatic rings. The van der Waals surface area contributed by atoms with Crippen LogP contribution < -0.4 is 0 Å². The minimum absolute atomic E-state index is 0.0290. The first-order valence-corrected chi connectivity index (χ1v) is 10.2. The third kappa shape index (κ3) is 3.82. The summed E-state index contributed by atoms with van der Waals surface area (Å²) < 4.78 is 5.80. The van der Waals surface area contributed by atoms with E-state index < -0.39 is 11.0 Å². The number of aliphatic hydroxyl groups excluding tert-OH is 1. The van der Waals surface area contributed by atoms with Gasteiger partial charge in [-0.2, -0.15) is 0 Å². The molecular weight excluding hydrogens is 362 g/mol. The molecule has 0 bridgehead atoms. The van der Waals surface area contributed by atoms with Gasteiger partial charge in [0.15, 0.2) is 5.76 Å². The van der Waals surface area contributed by atoms with E-state index in [0.29, 0.717) is 37.2 Å². The predicted octanol–water partition coefficient (Wildman–Crippen LogP) is 6.01. The van der Waals surface area contributed by atoms with Crippen LogP contribution in [0.2, 0.25) is 0 Å². The summed E-state index contributed by atoms with van der Waals surface area (Å²) in [7, 11) is 0. The molecule has 2 atom stereocenters. The van der Waals surface area contributed by atoms with Crippen LogP contribution in [0, 0.1) is 10.8 Å². The van der Waals surface area contributed by atoms with Gasteiger partial charge in [0, 0.05) is 5.57 Å². The summed E-state index contributed by atoms with van der Waals surface area (Å²) in [6.07, 6.45) is 3.25. The molecular formula is C25H33NO3. The first kappa shape index (κ1) is 22.7. The van der Waals surface area contributed by atoms with Crippen molar-refractivity contribution < 1.29 is 14.9 Å². The first-order chi connectivity index (χ1) is 13.8. The molecule has 0 radical (unpaired) electrons. The largest absolute Gasteiger partial charge is 0.504 e. The standard InChI is InChI=1S/C23H27NO3.C2H6/c1-5-16(3)19(22-13-15(2)11-12-23(22,26)21(22)24)20(25)17(4)27-14-18-9-7-6-8-10-18;1-2/h5-10,24-26H,1-2,11-14H2,3-4H3;1-2H3/b19-16+,20-17-,24-21?;/t22-,23-;/m1./s1. The average Bonchev–Trinajstić information content (AvgIpc) is 3.23. The van der Waals surface area contributed by atoms with Crippen LogP contribution in [-0.2, 0) is 11.3 Å². The van der Waals surface area contributed by atoms with Gasteiger partial charge in [-0.3, -0.25) is 0 Å². The summed E-state index contributed by atoms with van der Waals surface area (Å²) in [6.45, 7) is 15.8. The second-order valence-electron chi connectivity index (χ2n) is 7.51. The number of allylic oxidation sites excluding steroid dienone is 5. The first-order valence-electron chi connectivity index (χ1n) is 10.2. The zero-order valence-electron chi connectivity index (χ0n) is 18.0. The Morgan fingerprint density at radius 2 is 1.86 bits per heavy atom. The van der Waals surface area contributed by atoms with Crippen molar-refractivity contribution in [2.24, 2.45) is 5.41 Å². The summed E-state index contributed by atoms with van der Waals surface area (Å²) in [4.78, 5) is 0. The number of hydrogen-bond donors (Lipinski definition) is 3. The lowest BCUT2D eigenvalue weighted by Crippen LogP contribution is -2.28. The number of ether oxygens (including phenoxy) is 1. The molecule has 156 valence electrons. The van der Waals surface area contributed by atoms with E-state index in [1.807, 2.05) is 51.1 Å². The molecule has 4 nitrogen and oxygen atoms in total. The molecule has 0 spiro atoms. The van der Waals surface area contributed by atoms with Crippen molar-refractivity contribution in [1.29, 1.82) is 5.41 Å². The summed E-state index contributed by atoms with van der Waals surface area (Å²) in [5, 5.41) is 30.5. The summed E-state index contributed by atoms with van der Waals surface area (Å²) in [5.74, 6) is 0.335. The van der Waals surface area contributed by atoms with Crippen LogP contribution >= 0.6 is 0 Å². The molecule has 0 saturated heterocycles. The second kappa shape index (κ2) is 8.83. The SMILES string of the molecule is C=C/C(C)=C(\C(O)=C(/C)OCc1ccccc1)[C@@]12CC(=C)CC[C@@]1(O)C2=N.CC. The van der Waals surface area contributed by atoms with Crippen LogP contribution in [0.3, 0.4) is 0 Å². The average molecular weight is 396 g/mol. The third-order valence-electron chi connectivity index (χ3n) is 5.84. The molecule has 29 heavy (non-hydrogen) atoms. The highest BCUT2D eigenvalue weighted by atomic mass is 16.5. The maximum atomic E-state index is 11.0. The van der Waals surface area contributed by atoms with Crippen LogP contribution in [0.1, 0.15) is 52.5 Å². The van der Waals surface area contributed by atoms with Crippen molar-refractivity contribution in [1.82, 2.24) is 0 Å². The molecule has 0 amide bonds. The van der Waals surface area contributed by atoms with E-state index in [9.17, 15) is 10.2 Å². The molecule has 2 fully saturated rings. The predicted molar refractivity (Wildman–Crippen MR) is 119 cm³/mol. The topological polar surface area (TPSA) is 73.5 Å². The second-order valence-corrected chi connectivity index (χ2v) is 7.51. The van der Waals surface area contributed by atoms with Crippen LogP contribution in [0.5, 0.6) is 0 Å². The molecule has 0 aliphatic heterocycles. The van der Waals surface area contributed by atoms with E-state index >= 15 is 0 Å². The molecule has 1 aromatic carbocycles. The lowest BCUT2D eigenvalue weighted by molar-refractivity contribution is 0.0928. The number of nitrogens with one attached hydrogen (secondary N) is 1. The Hall–Kier alpha value is -2.59. The monoisotopic (exact) mass is 395 g/mol. The fourth-order valence-corrected chi connectivity index (χ4v) is 4.15. The Kier molecular flexibility index (Phi) is 6.91. The third-order valence-corrected chi connectivity index (χ3v) is 5.84. The maximum Gasteiger partial charge on any atom is 0.157 e. The van der Waals surface area contributed by atoms with Crippen molar-refractivity contribution in [2.75, 3.05) is 0 Å². The minimum atomic E-state index is -1.22. The van der Waals surface area contributed by atoms with Gasteiger partial charge in [0.2, 0.25) is 0 Å². The molecule has 3 N–H and O–H groups in total. The molecule has 4 heteroatoms. The number of fused-ring (bicyclic) bond motifs is 1. The molecule has 0 unspecified atom stereocenters. The highest BCUT2D eigenvalue weighted by molar-refractivity contribution is 6.17. The molecule has 1 aromatic rings. The summed E-state index contributed by atoms with van der Waals surface area (Å²) in [6, 6.07) is 9.71. The highest BCUT2D eigenvalue weighted by Gasteiger charge is 2.76. The number of aliphatic hydroxyl groups is 2. The fourth-order valence-electron chi connectivity index (χ4n) is 4.15. The zero-order chi connectivity index (χ0) is 21.8. The Bertz CT molecular complexity index is 865. The quantitative estimate of drug-likeness (QED) is 0.314. The zero-order valence-corrected chi connectivity index (χ0v) is 18.0. The van der Waals surface area contributed by atoms with Gasteiger partial charge in [-0.25, -0.2) is 0 Å². The maximum absolute atomic E-state index is 11.0. The fraction of sp³-hybridized carbons (Fsp3) is 0.400. The van der Waals surface area contributed by atoms with Crippen molar-refractivity contribution in [2.45, 2.75) is 59.2 Å².